The molecule has 0 saturated carbocycles. The van der Waals surface area contributed by atoms with Gasteiger partial charge in [-0.1, -0.05) is 83.9 Å². The quantitative estimate of drug-likeness (QED) is 0.599. The minimum Gasteiger partial charge on any atom is -0.547 e. The Hall–Kier alpha value is -2.37. The molecule has 3 aromatic carbocycles. The van der Waals surface area contributed by atoms with Crippen LogP contribution in [0.3, 0.4) is 0 Å². The molecule has 0 spiro atoms. The third-order valence-corrected chi connectivity index (χ3v) is 6.26. The fraction of sp³-hybridized carbons (Fsp3) is 0.240. The average Bonchev–Trinajstić information content (AvgIpc) is 2.80. The monoisotopic (exact) mass is 456 g/mol. The number of aliphatic hydroxyl groups excluding tert-OH is 1. The molecule has 1 aliphatic carbocycles. The van der Waals surface area contributed by atoms with Gasteiger partial charge in [0.15, 0.2) is 0 Å². The van der Waals surface area contributed by atoms with Crippen molar-refractivity contribution in [1.29, 1.82) is 0 Å². The highest BCUT2D eigenvalue weighted by Crippen LogP contribution is 2.42. The van der Waals surface area contributed by atoms with E-state index in [1.165, 1.54) is 28.8 Å². The van der Waals surface area contributed by atoms with Crippen LogP contribution in [0.15, 0.2) is 72.8 Å². The first-order chi connectivity index (χ1) is 14.9. The predicted molar refractivity (Wildman–Crippen MR) is 122 cm³/mol. The molecule has 162 valence electrons. The number of carboxylic acid groups (broad SMARTS) is 1. The van der Waals surface area contributed by atoms with Crippen molar-refractivity contribution >= 4 is 29.2 Å². The fourth-order valence-corrected chi connectivity index (χ4v) is 4.24. The largest absolute Gasteiger partial charge is 0.547 e. The van der Waals surface area contributed by atoms with Crippen molar-refractivity contribution in [3.8, 4) is 0 Å². The van der Waals surface area contributed by atoms with Gasteiger partial charge in [-0.3, -0.25) is 0 Å². The van der Waals surface area contributed by atoms with E-state index in [9.17, 15) is 9.90 Å². The van der Waals surface area contributed by atoms with Crippen molar-refractivity contribution in [2.45, 2.75) is 30.9 Å². The maximum Gasteiger partial charge on any atom is 0.118 e. The summed E-state index contributed by atoms with van der Waals surface area (Å²) >= 11 is 12.2. The van der Waals surface area contributed by atoms with Gasteiger partial charge in [0, 0.05) is 12.0 Å². The van der Waals surface area contributed by atoms with Crippen LogP contribution in [0, 0.1) is 0 Å². The highest BCUT2D eigenvalue weighted by Gasteiger charge is 2.27. The van der Waals surface area contributed by atoms with Crippen LogP contribution in [0.2, 0.25) is 10.0 Å². The molecular weight excluding hydrogens is 433 g/mol. The number of rotatable bonds is 4. The number of hydrogen-bond acceptors (Lipinski definition) is 4. The molecule has 4 nitrogen and oxygen atoms in total. The van der Waals surface area contributed by atoms with E-state index in [0.717, 1.165) is 12.8 Å². The molecule has 3 aromatic rings. The number of nitrogens with one attached hydrogen (secondary N) is 1. The Labute approximate surface area is 192 Å². The van der Waals surface area contributed by atoms with Gasteiger partial charge in [-0.2, -0.15) is 0 Å². The van der Waals surface area contributed by atoms with Crippen molar-refractivity contribution in [1.82, 2.24) is 5.32 Å². The molecule has 1 unspecified atom stereocenters. The van der Waals surface area contributed by atoms with Gasteiger partial charge in [-0.15, -0.1) is 0 Å². The maximum atomic E-state index is 10.1. The SMILES string of the molecule is CN[C@H]1CC[C@@H](c2ccc(Cl)c(Cl)c2)c2ccccc21.O=C([O-])C(O)c1ccccc1. The number of fused-ring (bicyclic) bond motifs is 1. The normalized spacial score (nSPS) is 18.3. The molecule has 31 heavy (non-hydrogen) atoms. The summed E-state index contributed by atoms with van der Waals surface area (Å²) in [6, 6.07) is 23.2. The lowest BCUT2D eigenvalue weighted by atomic mass is 9.77. The topological polar surface area (TPSA) is 72.4 Å². The summed E-state index contributed by atoms with van der Waals surface area (Å²) < 4.78 is 0. The number of aliphatic hydroxyl groups is 1. The predicted octanol–water partition coefficient (Wildman–Crippen LogP) is 4.65. The van der Waals surface area contributed by atoms with Crippen molar-refractivity contribution in [3.63, 3.8) is 0 Å². The minimum absolute atomic E-state index is 0.340. The zero-order chi connectivity index (χ0) is 22.4. The summed E-state index contributed by atoms with van der Waals surface area (Å²) in [7, 11) is 2.03. The van der Waals surface area contributed by atoms with E-state index >= 15 is 0 Å². The van der Waals surface area contributed by atoms with Crippen molar-refractivity contribution in [2.24, 2.45) is 0 Å². The van der Waals surface area contributed by atoms with Crippen LogP contribution in [-0.2, 0) is 4.79 Å². The highest BCUT2D eigenvalue weighted by atomic mass is 35.5. The second kappa shape index (κ2) is 10.8. The van der Waals surface area contributed by atoms with Gasteiger partial charge in [0.1, 0.15) is 6.10 Å². The molecule has 1 aliphatic rings. The van der Waals surface area contributed by atoms with Crippen molar-refractivity contribution < 1.29 is 15.0 Å². The van der Waals surface area contributed by atoms with E-state index in [1.807, 2.05) is 19.2 Å². The fourth-order valence-electron chi connectivity index (χ4n) is 3.94. The summed E-state index contributed by atoms with van der Waals surface area (Å²) in [5.41, 5.74) is 4.39. The van der Waals surface area contributed by atoms with Crippen LogP contribution in [0.25, 0.3) is 0 Å². The number of halogens is 2. The van der Waals surface area contributed by atoms with Gasteiger partial charge in [0.2, 0.25) is 0 Å². The minimum atomic E-state index is -1.52. The summed E-state index contributed by atoms with van der Waals surface area (Å²) in [5.74, 6) is -1.07. The van der Waals surface area contributed by atoms with Gasteiger partial charge in [0.05, 0.1) is 16.0 Å². The van der Waals surface area contributed by atoms with Crippen LogP contribution >= 0.6 is 23.2 Å². The van der Waals surface area contributed by atoms with Gasteiger partial charge in [0.25, 0.3) is 0 Å². The molecule has 0 aromatic heterocycles. The lowest BCUT2D eigenvalue weighted by molar-refractivity contribution is -0.315. The Bertz CT molecular complexity index is 1030. The standard InChI is InChI=1S/C17H17Cl2N.C8H8O3/c1-20-17-9-7-12(13-4-2-3-5-14(13)17)11-6-8-15(18)16(19)10-11;9-7(8(10)11)6-4-2-1-3-5-6/h2-6,8,10,12,17,20H,7,9H2,1H3;1-5,7,9H,(H,10,11)/p-1/t12-,17-;/m0./s1. The van der Waals surface area contributed by atoms with Gasteiger partial charge in [-0.25, -0.2) is 0 Å². The molecule has 0 saturated heterocycles. The second-order valence-electron chi connectivity index (χ2n) is 7.41. The Kier molecular flexibility index (Phi) is 8.10. The Balaban J connectivity index is 0.000000210. The van der Waals surface area contributed by atoms with E-state index in [1.54, 1.807) is 18.2 Å². The zero-order valence-corrected chi connectivity index (χ0v) is 18.6. The number of carbonyl (C=O) groups is 1. The lowest BCUT2D eigenvalue weighted by Crippen LogP contribution is -2.29. The molecule has 6 heteroatoms. The third-order valence-electron chi connectivity index (χ3n) is 5.52. The van der Waals surface area contributed by atoms with Crippen LogP contribution in [0.5, 0.6) is 0 Å². The first-order valence-electron chi connectivity index (χ1n) is 10.1. The summed E-state index contributed by atoms with van der Waals surface area (Å²) in [6.45, 7) is 0. The Morgan fingerprint density at radius 2 is 1.61 bits per heavy atom. The second-order valence-corrected chi connectivity index (χ2v) is 8.22. The molecular formula is C25H24Cl2NO3-. The smallest absolute Gasteiger partial charge is 0.118 e. The number of hydrogen-bond donors (Lipinski definition) is 2. The zero-order valence-electron chi connectivity index (χ0n) is 17.1. The molecule has 3 atom stereocenters. The molecule has 0 heterocycles. The molecule has 0 fully saturated rings. The van der Waals surface area contributed by atoms with Crippen molar-refractivity contribution in [2.75, 3.05) is 7.05 Å². The first kappa shape index (κ1) is 23.3. The van der Waals surface area contributed by atoms with Crippen LogP contribution in [0.4, 0.5) is 0 Å². The maximum absolute atomic E-state index is 10.1. The molecule has 0 bridgehead atoms. The van der Waals surface area contributed by atoms with E-state index in [0.29, 0.717) is 27.6 Å². The van der Waals surface area contributed by atoms with Crippen LogP contribution < -0.4 is 10.4 Å². The van der Waals surface area contributed by atoms with E-state index < -0.39 is 12.1 Å². The van der Waals surface area contributed by atoms with Gasteiger partial charge >= 0.3 is 0 Å². The van der Waals surface area contributed by atoms with E-state index in [-0.39, 0.29) is 0 Å². The van der Waals surface area contributed by atoms with Crippen molar-refractivity contribution in [3.05, 3.63) is 105 Å². The average molecular weight is 457 g/mol. The molecule has 2 N–H and O–H groups in total. The summed E-state index contributed by atoms with van der Waals surface area (Å²) in [5, 5.41) is 23.7. The summed E-state index contributed by atoms with van der Waals surface area (Å²) in [6.07, 6.45) is 0.745. The highest BCUT2D eigenvalue weighted by molar-refractivity contribution is 6.42. The van der Waals surface area contributed by atoms with Crippen LogP contribution in [-0.4, -0.2) is 18.1 Å². The number of aliphatic carboxylic acids is 1. The summed E-state index contributed by atoms with van der Waals surface area (Å²) in [4.78, 5) is 10.1. The van der Waals surface area contributed by atoms with E-state index in [4.69, 9.17) is 28.3 Å². The van der Waals surface area contributed by atoms with Gasteiger partial charge in [-0.05, 0) is 54.3 Å². The molecule has 0 amide bonds. The molecule has 0 radical (unpaired) electrons. The number of carboxylic acids is 1. The number of benzene rings is 3. The Morgan fingerprint density at radius 1 is 0.968 bits per heavy atom. The van der Waals surface area contributed by atoms with Crippen LogP contribution in [0.1, 0.15) is 53.2 Å². The first-order valence-corrected chi connectivity index (χ1v) is 10.8. The lowest BCUT2D eigenvalue weighted by Gasteiger charge is -2.32. The number of carbonyl (C=O) groups excluding carboxylic acids is 1. The van der Waals surface area contributed by atoms with E-state index in [2.05, 4.69) is 35.6 Å². The van der Waals surface area contributed by atoms with Gasteiger partial charge < -0.3 is 20.3 Å². The third kappa shape index (κ3) is 5.66. The molecule has 0 aliphatic heterocycles. The molecule has 4 rings (SSSR count). The Morgan fingerprint density at radius 3 is 2.23 bits per heavy atom.